The second-order valence-electron chi connectivity index (χ2n) is 9.78. The van der Waals surface area contributed by atoms with Gasteiger partial charge in [-0.3, -0.25) is 4.57 Å². The summed E-state index contributed by atoms with van der Waals surface area (Å²) in [5.41, 5.74) is 5.47. The van der Waals surface area contributed by atoms with E-state index in [-0.39, 0.29) is 0 Å². The Bertz CT molecular complexity index is 2290. The topological polar surface area (TPSA) is 35.1 Å². The molecule has 0 fully saturated rings. The van der Waals surface area contributed by atoms with Crippen molar-refractivity contribution < 1.29 is 0 Å². The van der Waals surface area contributed by atoms with Crippen molar-refractivity contribution in [3.05, 3.63) is 133 Å². The Morgan fingerprint density at radius 1 is 0.564 bits per heavy atom. The largest absolute Gasteiger partial charge is 0.277 e. The van der Waals surface area contributed by atoms with Crippen LogP contribution in [-0.2, 0) is 0 Å². The number of hydrogen-bond donors (Lipinski definition) is 0. The number of hydrogen-bond acceptors (Lipinski definition) is 2. The number of benzene rings is 6. The average Bonchev–Trinajstić information content (AvgIpc) is 3.33. The number of aromatic nitrogens is 3. The third-order valence-corrected chi connectivity index (χ3v) is 7.58. The SMILES string of the molecule is [C-]#[N+]c1ccc(-c2nc(-n3c4cc5ccccc5cc4c4ccc5ccccc5c43)nc3ccccc23)cc1. The lowest BCUT2D eigenvalue weighted by molar-refractivity contribution is 1.02. The fraction of sp³-hybridized carbons (Fsp3) is 0. The Hall–Kier alpha value is -5.53. The van der Waals surface area contributed by atoms with Crippen LogP contribution in [0.25, 0.3) is 76.3 Å². The highest BCUT2D eigenvalue weighted by molar-refractivity contribution is 6.20. The first-order valence-electron chi connectivity index (χ1n) is 12.9. The van der Waals surface area contributed by atoms with Crippen molar-refractivity contribution in [2.45, 2.75) is 0 Å². The Morgan fingerprint density at radius 2 is 1.26 bits per heavy atom. The van der Waals surface area contributed by atoms with Crippen molar-refractivity contribution in [1.29, 1.82) is 0 Å². The zero-order valence-corrected chi connectivity index (χ0v) is 20.8. The number of nitrogens with zero attached hydrogens (tertiary/aromatic N) is 4. The molecule has 0 aliphatic heterocycles. The van der Waals surface area contributed by atoms with Gasteiger partial charge in [0.2, 0.25) is 5.95 Å². The summed E-state index contributed by atoms with van der Waals surface area (Å²) >= 11 is 0. The van der Waals surface area contributed by atoms with Crippen LogP contribution in [0, 0.1) is 6.57 Å². The normalized spacial score (nSPS) is 11.6. The number of rotatable bonds is 2. The molecule has 0 aliphatic carbocycles. The second kappa shape index (κ2) is 8.24. The van der Waals surface area contributed by atoms with Crippen LogP contribution in [0.2, 0.25) is 0 Å². The molecule has 8 rings (SSSR count). The van der Waals surface area contributed by atoms with Crippen molar-refractivity contribution >= 4 is 59.9 Å². The third-order valence-electron chi connectivity index (χ3n) is 7.58. The smallest absolute Gasteiger partial charge is 0.235 e. The van der Waals surface area contributed by atoms with Crippen LogP contribution >= 0.6 is 0 Å². The van der Waals surface area contributed by atoms with E-state index >= 15 is 0 Å². The van der Waals surface area contributed by atoms with E-state index in [4.69, 9.17) is 16.5 Å². The molecular weight excluding hydrogens is 476 g/mol. The van der Waals surface area contributed by atoms with Crippen LogP contribution < -0.4 is 0 Å². The van der Waals surface area contributed by atoms with E-state index in [1.54, 1.807) is 0 Å². The molecule has 0 N–H and O–H groups in total. The van der Waals surface area contributed by atoms with Gasteiger partial charge in [-0.25, -0.2) is 14.8 Å². The van der Waals surface area contributed by atoms with Crippen molar-refractivity contribution in [1.82, 2.24) is 14.5 Å². The van der Waals surface area contributed by atoms with Gasteiger partial charge in [0.05, 0.1) is 28.8 Å². The van der Waals surface area contributed by atoms with Gasteiger partial charge in [-0.2, -0.15) is 0 Å². The maximum absolute atomic E-state index is 7.35. The molecule has 8 aromatic rings. The minimum atomic E-state index is 0.609. The number of fused-ring (bicyclic) bond motifs is 7. The highest BCUT2D eigenvalue weighted by Crippen LogP contribution is 2.39. The molecule has 6 aromatic carbocycles. The molecule has 2 aromatic heterocycles. The molecule has 0 bridgehead atoms. The van der Waals surface area contributed by atoms with Crippen LogP contribution in [0.5, 0.6) is 0 Å². The summed E-state index contributed by atoms with van der Waals surface area (Å²) in [6.45, 7) is 7.35. The molecule has 0 radical (unpaired) electrons. The minimum Gasteiger partial charge on any atom is -0.277 e. The minimum absolute atomic E-state index is 0.609. The monoisotopic (exact) mass is 496 g/mol. The molecule has 4 nitrogen and oxygen atoms in total. The summed E-state index contributed by atoms with van der Waals surface area (Å²) in [5, 5.41) is 8.05. The molecule has 0 amide bonds. The maximum Gasteiger partial charge on any atom is 0.235 e. The van der Waals surface area contributed by atoms with E-state index in [0.29, 0.717) is 11.6 Å². The maximum atomic E-state index is 7.35. The summed E-state index contributed by atoms with van der Waals surface area (Å²) in [7, 11) is 0. The van der Waals surface area contributed by atoms with Crippen molar-refractivity contribution in [3.8, 4) is 17.2 Å². The van der Waals surface area contributed by atoms with Crippen molar-refractivity contribution in [3.63, 3.8) is 0 Å². The van der Waals surface area contributed by atoms with E-state index in [2.05, 4.69) is 88.3 Å². The lowest BCUT2D eigenvalue weighted by Crippen LogP contribution is -2.03. The van der Waals surface area contributed by atoms with Crippen LogP contribution in [0.15, 0.2) is 121 Å². The van der Waals surface area contributed by atoms with E-state index in [9.17, 15) is 0 Å². The molecule has 0 saturated carbocycles. The predicted molar refractivity (Wildman–Crippen MR) is 161 cm³/mol. The molecule has 0 saturated heterocycles. The zero-order valence-electron chi connectivity index (χ0n) is 20.8. The fourth-order valence-corrected chi connectivity index (χ4v) is 5.75. The van der Waals surface area contributed by atoms with Crippen molar-refractivity contribution in [2.24, 2.45) is 0 Å². The zero-order chi connectivity index (χ0) is 25.9. The van der Waals surface area contributed by atoms with E-state index in [1.807, 2.05) is 42.5 Å². The highest BCUT2D eigenvalue weighted by atomic mass is 15.2. The summed E-state index contributed by atoms with van der Waals surface area (Å²) in [6, 6.07) is 41.7. The molecule has 0 atom stereocenters. The summed E-state index contributed by atoms with van der Waals surface area (Å²) in [5.74, 6) is 0.629. The van der Waals surface area contributed by atoms with Gasteiger partial charge in [0.1, 0.15) is 0 Å². The first-order chi connectivity index (χ1) is 19.3. The predicted octanol–water partition coefficient (Wildman–Crippen LogP) is 9.25. The van der Waals surface area contributed by atoms with Crippen LogP contribution in [0.3, 0.4) is 0 Å². The van der Waals surface area contributed by atoms with Crippen LogP contribution in [0.4, 0.5) is 5.69 Å². The summed E-state index contributed by atoms with van der Waals surface area (Å²) in [6.07, 6.45) is 0. The van der Waals surface area contributed by atoms with Crippen molar-refractivity contribution in [2.75, 3.05) is 0 Å². The van der Waals surface area contributed by atoms with Gasteiger partial charge >= 0.3 is 0 Å². The van der Waals surface area contributed by atoms with Gasteiger partial charge in [-0.05, 0) is 39.9 Å². The van der Waals surface area contributed by atoms with E-state index in [0.717, 1.165) is 38.6 Å². The van der Waals surface area contributed by atoms with Gasteiger partial charge in [0.25, 0.3) is 0 Å². The van der Waals surface area contributed by atoms with E-state index in [1.165, 1.54) is 26.9 Å². The lowest BCUT2D eigenvalue weighted by atomic mass is 10.0. The van der Waals surface area contributed by atoms with Gasteiger partial charge in [0.15, 0.2) is 5.69 Å². The van der Waals surface area contributed by atoms with E-state index < -0.39 is 0 Å². The Balaban J connectivity index is 1.55. The lowest BCUT2D eigenvalue weighted by Gasteiger charge is -2.13. The van der Waals surface area contributed by atoms with Gasteiger partial charge in [-0.1, -0.05) is 103 Å². The fourth-order valence-electron chi connectivity index (χ4n) is 5.75. The molecule has 180 valence electrons. The standard InChI is InChI=1S/C35H20N4/c1-36-26-17-14-23(15-18-26)33-29-12-6-7-13-31(29)37-35(38-33)39-32-21-25-10-3-2-9-24(25)20-30(32)28-19-16-22-8-4-5-11-27(22)34(28)39/h2-21H. The molecular formula is C35H20N4. The molecule has 4 heteroatoms. The van der Waals surface area contributed by atoms with Crippen LogP contribution in [-0.4, -0.2) is 14.5 Å². The molecule has 0 spiro atoms. The Labute approximate surface area is 224 Å². The first-order valence-corrected chi connectivity index (χ1v) is 12.9. The molecule has 0 unspecified atom stereocenters. The Morgan fingerprint density at radius 3 is 2.05 bits per heavy atom. The second-order valence-corrected chi connectivity index (χ2v) is 9.78. The average molecular weight is 497 g/mol. The molecule has 39 heavy (non-hydrogen) atoms. The quantitative estimate of drug-likeness (QED) is 0.224. The Kier molecular flexibility index (Phi) is 4.55. The number of para-hydroxylation sites is 1. The first kappa shape index (κ1) is 21.5. The summed E-state index contributed by atoms with van der Waals surface area (Å²) < 4.78 is 2.23. The third kappa shape index (κ3) is 3.24. The molecule has 0 aliphatic rings. The van der Waals surface area contributed by atoms with Gasteiger partial charge in [-0.15, -0.1) is 0 Å². The highest BCUT2D eigenvalue weighted by Gasteiger charge is 2.19. The van der Waals surface area contributed by atoms with Gasteiger partial charge in [0, 0.05) is 21.5 Å². The molecule has 2 heterocycles. The van der Waals surface area contributed by atoms with Gasteiger partial charge < -0.3 is 0 Å². The van der Waals surface area contributed by atoms with Crippen LogP contribution in [0.1, 0.15) is 0 Å². The summed E-state index contributed by atoms with van der Waals surface area (Å²) in [4.78, 5) is 13.9.